The van der Waals surface area contributed by atoms with Crippen LogP contribution in [0.1, 0.15) is 91.4 Å². The number of hydrogen-bond acceptors (Lipinski definition) is 1. The van der Waals surface area contributed by atoms with E-state index in [1.54, 1.807) is 0 Å². The molecule has 0 bridgehead atoms. The van der Waals surface area contributed by atoms with Crippen molar-refractivity contribution in [3.63, 3.8) is 0 Å². The highest BCUT2D eigenvalue weighted by molar-refractivity contribution is 5.12. The second kappa shape index (κ2) is 6.39. The van der Waals surface area contributed by atoms with E-state index in [-0.39, 0.29) is 5.60 Å². The summed E-state index contributed by atoms with van der Waals surface area (Å²) < 4.78 is 0. The van der Waals surface area contributed by atoms with E-state index in [0.29, 0.717) is 5.41 Å². The van der Waals surface area contributed by atoms with Crippen molar-refractivity contribution >= 4 is 0 Å². The van der Waals surface area contributed by atoms with Crippen molar-refractivity contribution in [2.45, 2.75) is 97.0 Å². The highest BCUT2D eigenvalue weighted by Gasteiger charge is 2.56. The zero-order valence-electron chi connectivity index (χ0n) is 16.9. The maximum absolute atomic E-state index is 10.8. The van der Waals surface area contributed by atoms with Gasteiger partial charge < -0.3 is 5.11 Å². The predicted octanol–water partition coefficient (Wildman–Crippen LogP) is 6.36. The lowest BCUT2D eigenvalue weighted by Crippen LogP contribution is -2.54. The molecule has 0 unspecified atom stereocenters. The number of fused-ring (bicyclic) bond motifs is 5. The van der Waals surface area contributed by atoms with E-state index in [2.05, 4.69) is 27.4 Å². The Morgan fingerprint density at radius 3 is 2.48 bits per heavy atom. The Hall–Kier alpha value is -0.300. The summed E-state index contributed by atoms with van der Waals surface area (Å²) in [6.07, 6.45) is 14.4. The highest BCUT2D eigenvalue weighted by atomic mass is 16.3. The van der Waals surface area contributed by atoms with E-state index in [1.807, 2.05) is 0 Å². The van der Waals surface area contributed by atoms with Crippen LogP contribution < -0.4 is 0 Å². The molecule has 4 aliphatic rings. The molecule has 25 heavy (non-hydrogen) atoms. The van der Waals surface area contributed by atoms with Gasteiger partial charge in [0.05, 0.1) is 5.60 Å². The van der Waals surface area contributed by atoms with Gasteiger partial charge in [0.15, 0.2) is 0 Å². The van der Waals surface area contributed by atoms with Crippen molar-refractivity contribution in [1.82, 2.24) is 0 Å². The molecule has 0 aromatic heterocycles. The van der Waals surface area contributed by atoms with Gasteiger partial charge in [-0.05, 0) is 112 Å². The molecule has 1 nitrogen and oxygen atoms in total. The topological polar surface area (TPSA) is 20.2 Å². The van der Waals surface area contributed by atoms with Crippen molar-refractivity contribution in [2.75, 3.05) is 0 Å². The third-order valence-corrected chi connectivity index (χ3v) is 9.60. The fraction of sp³-hybridized carbons (Fsp3) is 0.917. The van der Waals surface area contributed by atoms with Gasteiger partial charge in [-0.15, -0.1) is 0 Å². The molecule has 4 fully saturated rings. The standard InChI is InChI=1S/C24H40O/c1-5-24(25)14-12-18-17(15-24)9-10-20-19(18)11-13-23(4)21(16(2)3)7-6-8-22(20)23/h17-22,25H,2,5-15H2,1,3-4H3/t17-,18+,19-,20-,21-,22+,23-,24-/m1/s1. The number of rotatable bonds is 2. The molecule has 0 aliphatic heterocycles. The van der Waals surface area contributed by atoms with Crippen molar-refractivity contribution < 1.29 is 5.11 Å². The van der Waals surface area contributed by atoms with Gasteiger partial charge in [-0.1, -0.05) is 32.4 Å². The molecule has 4 aliphatic carbocycles. The van der Waals surface area contributed by atoms with E-state index in [0.717, 1.165) is 54.8 Å². The van der Waals surface area contributed by atoms with Gasteiger partial charge in [0.25, 0.3) is 0 Å². The minimum atomic E-state index is -0.340. The van der Waals surface area contributed by atoms with E-state index in [4.69, 9.17) is 0 Å². The summed E-state index contributed by atoms with van der Waals surface area (Å²) in [7, 11) is 0. The normalized spacial score (nSPS) is 52.6. The Morgan fingerprint density at radius 2 is 1.76 bits per heavy atom. The van der Waals surface area contributed by atoms with Gasteiger partial charge in [-0.25, -0.2) is 0 Å². The molecule has 4 rings (SSSR count). The smallest absolute Gasteiger partial charge is 0.0648 e. The lowest BCUT2D eigenvalue weighted by Gasteiger charge is -2.61. The third kappa shape index (κ3) is 2.84. The SMILES string of the molecule is C=C(C)[C@H]1CCC[C@H]2[C@@H]3CC[C@@H]4C[C@@](O)(CC)CC[C@@H]4[C@H]3CC[C@]12C. The van der Waals surface area contributed by atoms with E-state index >= 15 is 0 Å². The molecule has 1 heteroatoms. The number of allylic oxidation sites excluding steroid dienone is 1. The Morgan fingerprint density at radius 1 is 1.00 bits per heavy atom. The highest BCUT2D eigenvalue weighted by Crippen LogP contribution is 2.64. The fourth-order valence-electron chi connectivity index (χ4n) is 8.29. The van der Waals surface area contributed by atoms with Gasteiger partial charge in [-0.3, -0.25) is 0 Å². The van der Waals surface area contributed by atoms with E-state index in [9.17, 15) is 5.11 Å². The lowest BCUT2D eigenvalue weighted by atomic mass is 9.44. The first-order valence-corrected chi connectivity index (χ1v) is 11.3. The first kappa shape index (κ1) is 18.1. The van der Waals surface area contributed by atoms with Crippen molar-refractivity contribution in [3.05, 3.63) is 12.2 Å². The van der Waals surface area contributed by atoms with Crippen LogP contribution in [0.2, 0.25) is 0 Å². The first-order valence-electron chi connectivity index (χ1n) is 11.3. The molecule has 0 aromatic rings. The minimum absolute atomic E-state index is 0.340. The molecule has 0 saturated heterocycles. The third-order valence-electron chi connectivity index (χ3n) is 9.60. The number of hydrogen-bond donors (Lipinski definition) is 1. The maximum Gasteiger partial charge on any atom is 0.0648 e. The van der Waals surface area contributed by atoms with Gasteiger partial charge >= 0.3 is 0 Å². The van der Waals surface area contributed by atoms with Gasteiger partial charge in [0.2, 0.25) is 0 Å². The second-order valence-electron chi connectivity index (χ2n) is 10.6. The molecule has 8 atom stereocenters. The zero-order valence-corrected chi connectivity index (χ0v) is 16.9. The van der Waals surface area contributed by atoms with Crippen LogP contribution in [-0.2, 0) is 0 Å². The predicted molar refractivity (Wildman–Crippen MR) is 105 cm³/mol. The molecule has 0 aromatic carbocycles. The van der Waals surface area contributed by atoms with E-state index < -0.39 is 0 Å². The largest absolute Gasteiger partial charge is 0.390 e. The van der Waals surface area contributed by atoms with Crippen LogP contribution in [0.25, 0.3) is 0 Å². The summed E-state index contributed by atoms with van der Waals surface area (Å²) in [5.41, 5.74) is 1.63. The summed E-state index contributed by atoms with van der Waals surface area (Å²) >= 11 is 0. The van der Waals surface area contributed by atoms with Crippen LogP contribution in [0, 0.1) is 40.9 Å². The Bertz CT molecular complexity index is 524. The first-order chi connectivity index (χ1) is 11.9. The van der Waals surface area contributed by atoms with Crippen LogP contribution in [0.3, 0.4) is 0 Å². The van der Waals surface area contributed by atoms with Crippen molar-refractivity contribution in [2.24, 2.45) is 40.9 Å². The molecule has 142 valence electrons. The molecule has 1 N–H and O–H groups in total. The Balaban J connectivity index is 1.55. The summed E-state index contributed by atoms with van der Waals surface area (Å²) in [5.74, 6) is 5.36. The lowest BCUT2D eigenvalue weighted by molar-refractivity contribution is -0.125. The molecule has 0 heterocycles. The number of aliphatic hydroxyl groups is 1. The van der Waals surface area contributed by atoms with Gasteiger partial charge in [0, 0.05) is 0 Å². The van der Waals surface area contributed by atoms with Gasteiger partial charge in [-0.2, -0.15) is 0 Å². The second-order valence-corrected chi connectivity index (χ2v) is 10.6. The van der Waals surface area contributed by atoms with Crippen molar-refractivity contribution in [3.8, 4) is 0 Å². The van der Waals surface area contributed by atoms with Gasteiger partial charge in [0.1, 0.15) is 0 Å². The van der Waals surface area contributed by atoms with Crippen LogP contribution in [0.15, 0.2) is 12.2 Å². The molecular weight excluding hydrogens is 304 g/mol. The monoisotopic (exact) mass is 344 g/mol. The van der Waals surface area contributed by atoms with Crippen LogP contribution in [0.4, 0.5) is 0 Å². The van der Waals surface area contributed by atoms with E-state index in [1.165, 1.54) is 56.9 Å². The van der Waals surface area contributed by atoms with Crippen LogP contribution >= 0.6 is 0 Å². The average Bonchev–Trinajstić information content (AvgIpc) is 2.59. The molecule has 0 amide bonds. The molecule has 4 saturated carbocycles. The maximum atomic E-state index is 10.8. The van der Waals surface area contributed by atoms with Crippen LogP contribution in [0.5, 0.6) is 0 Å². The molecule has 0 spiro atoms. The summed E-state index contributed by atoms with van der Waals surface area (Å²) in [4.78, 5) is 0. The summed E-state index contributed by atoms with van der Waals surface area (Å²) in [5, 5.41) is 10.8. The Labute approximate surface area is 155 Å². The Kier molecular flexibility index (Phi) is 4.63. The summed E-state index contributed by atoms with van der Waals surface area (Å²) in [6.45, 7) is 11.5. The quantitative estimate of drug-likeness (QED) is 0.578. The minimum Gasteiger partial charge on any atom is -0.390 e. The average molecular weight is 345 g/mol. The zero-order chi connectivity index (χ0) is 17.8. The molecule has 0 radical (unpaired) electrons. The van der Waals surface area contributed by atoms with Crippen LogP contribution in [-0.4, -0.2) is 10.7 Å². The fourth-order valence-corrected chi connectivity index (χ4v) is 8.29. The molecular formula is C24H40O. The summed E-state index contributed by atoms with van der Waals surface area (Å²) in [6, 6.07) is 0. The van der Waals surface area contributed by atoms with Crippen molar-refractivity contribution in [1.29, 1.82) is 0 Å².